The van der Waals surface area contributed by atoms with E-state index in [0.29, 0.717) is 41.5 Å². The highest BCUT2D eigenvalue weighted by Gasteiger charge is 2.36. The van der Waals surface area contributed by atoms with Crippen molar-refractivity contribution in [3.05, 3.63) is 78.1 Å². The maximum absolute atomic E-state index is 13.6. The molecule has 2 aromatic heterocycles. The first-order chi connectivity index (χ1) is 17.9. The molecule has 1 fully saturated rings. The molecule has 0 N–H and O–H groups in total. The lowest BCUT2D eigenvalue weighted by atomic mass is 10.1. The van der Waals surface area contributed by atoms with Crippen molar-refractivity contribution in [2.75, 3.05) is 27.3 Å². The van der Waals surface area contributed by atoms with Gasteiger partial charge in [-0.1, -0.05) is 18.2 Å². The number of carbonyl (C=O) groups excluding carboxylic acids is 2. The molecule has 0 spiro atoms. The zero-order chi connectivity index (χ0) is 26.1. The van der Waals surface area contributed by atoms with Crippen LogP contribution in [-0.2, 0) is 0 Å². The standard InChI is InChI=1S/C28H29N5O4/c1-18-17-32(19(2)16-31(18)27(34)20-8-6-5-7-9-20)28(35)22-15-26-29-13-12-23(33(26)30-22)21-10-11-24(36-3)25(14-21)37-4/h5-15,18-19H,16-17H2,1-4H3/t18-,19+/m0/s1. The number of aromatic nitrogens is 3. The van der Waals surface area contributed by atoms with E-state index in [9.17, 15) is 9.59 Å². The van der Waals surface area contributed by atoms with Crippen LogP contribution in [0.15, 0.2) is 66.9 Å². The van der Waals surface area contributed by atoms with E-state index in [-0.39, 0.29) is 23.9 Å². The molecule has 2 amide bonds. The normalized spacial score (nSPS) is 17.6. The number of fused-ring (bicyclic) bond motifs is 1. The number of ether oxygens (including phenoxy) is 2. The molecule has 5 rings (SSSR count). The molecule has 4 aromatic rings. The molecule has 0 saturated carbocycles. The highest BCUT2D eigenvalue weighted by Crippen LogP contribution is 2.32. The Balaban J connectivity index is 1.41. The van der Waals surface area contributed by atoms with Gasteiger partial charge in [0.2, 0.25) is 0 Å². The zero-order valence-electron chi connectivity index (χ0n) is 21.3. The monoisotopic (exact) mass is 499 g/mol. The lowest BCUT2D eigenvalue weighted by molar-refractivity contribution is 0.0266. The Morgan fingerprint density at radius 3 is 2.19 bits per heavy atom. The van der Waals surface area contributed by atoms with Gasteiger partial charge in [-0.15, -0.1) is 0 Å². The third-order valence-electron chi connectivity index (χ3n) is 6.78. The second kappa shape index (κ2) is 9.93. The van der Waals surface area contributed by atoms with E-state index < -0.39 is 0 Å². The number of carbonyl (C=O) groups is 2. The summed E-state index contributed by atoms with van der Waals surface area (Å²) < 4.78 is 12.5. The first kappa shape index (κ1) is 24.3. The third-order valence-corrected chi connectivity index (χ3v) is 6.78. The molecule has 2 atom stereocenters. The average molecular weight is 500 g/mol. The van der Waals surface area contributed by atoms with Crippen LogP contribution < -0.4 is 9.47 Å². The highest BCUT2D eigenvalue weighted by atomic mass is 16.5. The van der Waals surface area contributed by atoms with Crippen LogP contribution >= 0.6 is 0 Å². The van der Waals surface area contributed by atoms with Crippen molar-refractivity contribution in [2.45, 2.75) is 25.9 Å². The number of amides is 2. The summed E-state index contributed by atoms with van der Waals surface area (Å²) >= 11 is 0. The van der Waals surface area contributed by atoms with Crippen molar-refractivity contribution in [1.29, 1.82) is 0 Å². The number of rotatable bonds is 5. The fourth-order valence-corrected chi connectivity index (χ4v) is 4.80. The van der Waals surface area contributed by atoms with Gasteiger partial charge in [-0.25, -0.2) is 9.50 Å². The van der Waals surface area contributed by atoms with Gasteiger partial charge in [-0.2, -0.15) is 5.10 Å². The Kier molecular flexibility index (Phi) is 6.52. The molecule has 37 heavy (non-hydrogen) atoms. The fourth-order valence-electron chi connectivity index (χ4n) is 4.80. The van der Waals surface area contributed by atoms with Crippen LogP contribution in [0.2, 0.25) is 0 Å². The molecule has 9 nitrogen and oxygen atoms in total. The molecule has 3 heterocycles. The number of hydrogen-bond donors (Lipinski definition) is 0. The zero-order valence-corrected chi connectivity index (χ0v) is 21.3. The van der Waals surface area contributed by atoms with Gasteiger partial charge in [0.05, 0.1) is 19.9 Å². The number of benzene rings is 2. The molecular formula is C28H29N5O4. The third kappa shape index (κ3) is 4.48. The molecule has 0 radical (unpaired) electrons. The number of nitrogens with zero attached hydrogens (tertiary/aromatic N) is 5. The SMILES string of the molecule is COc1ccc(-c2ccnc3cc(C(=O)N4C[C@H](C)N(C(=O)c5ccccc5)C[C@H]4C)nn23)cc1OC. The summed E-state index contributed by atoms with van der Waals surface area (Å²) in [5.41, 5.74) is 3.14. The van der Waals surface area contributed by atoms with Crippen LogP contribution in [0.1, 0.15) is 34.7 Å². The maximum Gasteiger partial charge on any atom is 0.274 e. The Morgan fingerprint density at radius 1 is 0.838 bits per heavy atom. The largest absolute Gasteiger partial charge is 0.493 e. The van der Waals surface area contributed by atoms with Crippen LogP contribution in [0.5, 0.6) is 11.5 Å². The van der Waals surface area contributed by atoms with E-state index in [2.05, 4.69) is 10.1 Å². The molecule has 1 aliphatic rings. The Bertz CT molecular complexity index is 1450. The average Bonchev–Trinajstić information content (AvgIpc) is 3.38. The van der Waals surface area contributed by atoms with Crippen LogP contribution in [-0.4, -0.2) is 75.6 Å². The molecule has 1 saturated heterocycles. The van der Waals surface area contributed by atoms with Crippen LogP contribution in [0.25, 0.3) is 16.9 Å². The Hall–Kier alpha value is -4.40. The van der Waals surface area contributed by atoms with Gasteiger partial charge < -0.3 is 19.3 Å². The molecule has 0 bridgehead atoms. The van der Waals surface area contributed by atoms with Gasteiger partial charge in [-0.05, 0) is 50.2 Å². The molecule has 9 heteroatoms. The summed E-state index contributed by atoms with van der Waals surface area (Å²) in [6.45, 7) is 4.79. The van der Waals surface area contributed by atoms with Gasteiger partial charge in [-0.3, -0.25) is 9.59 Å². The predicted octanol–water partition coefficient (Wildman–Crippen LogP) is 3.79. The minimum absolute atomic E-state index is 0.0245. The van der Waals surface area contributed by atoms with Gasteiger partial charge in [0.15, 0.2) is 22.8 Å². The second-order valence-electron chi connectivity index (χ2n) is 9.18. The lowest BCUT2D eigenvalue weighted by Crippen LogP contribution is -2.59. The summed E-state index contributed by atoms with van der Waals surface area (Å²) in [4.78, 5) is 34.7. The van der Waals surface area contributed by atoms with E-state index in [1.807, 2.05) is 73.3 Å². The van der Waals surface area contributed by atoms with E-state index in [1.54, 1.807) is 35.9 Å². The molecule has 2 aromatic carbocycles. The minimum atomic E-state index is -0.185. The number of methoxy groups -OCH3 is 2. The van der Waals surface area contributed by atoms with Crippen molar-refractivity contribution in [1.82, 2.24) is 24.4 Å². The van der Waals surface area contributed by atoms with Crippen LogP contribution in [0.4, 0.5) is 0 Å². The van der Waals surface area contributed by atoms with Crippen molar-refractivity contribution in [2.24, 2.45) is 0 Å². The van der Waals surface area contributed by atoms with Crippen molar-refractivity contribution in [3.63, 3.8) is 0 Å². The summed E-state index contributed by atoms with van der Waals surface area (Å²) in [5, 5.41) is 4.63. The summed E-state index contributed by atoms with van der Waals surface area (Å²) in [6, 6.07) is 18.1. The fraction of sp³-hybridized carbons (Fsp3) is 0.286. The number of hydrogen-bond acceptors (Lipinski definition) is 6. The van der Waals surface area contributed by atoms with E-state index >= 15 is 0 Å². The van der Waals surface area contributed by atoms with Gasteiger partial charge in [0.1, 0.15) is 0 Å². The first-order valence-corrected chi connectivity index (χ1v) is 12.2. The highest BCUT2D eigenvalue weighted by molar-refractivity contribution is 5.96. The van der Waals surface area contributed by atoms with Crippen molar-refractivity contribution < 1.29 is 19.1 Å². The summed E-state index contributed by atoms with van der Waals surface area (Å²) in [7, 11) is 3.18. The van der Waals surface area contributed by atoms with Crippen molar-refractivity contribution >= 4 is 17.5 Å². The maximum atomic E-state index is 13.6. The van der Waals surface area contributed by atoms with Crippen LogP contribution in [0.3, 0.4) is 0 Å². The Labute approximate surface area is 215 Å². The lowest BCUT2D eigenvalue weighted by Gasteiger charge is -2.43. The van der Waals surface area contributed by atoms with Gasteiger partial charge in [0, 0.05) is 48.6 Å². The molecule has 0 aliphatic carbocycles. The smallest absolute Gasteiger partial charge is 0.274 e. The quantitative estimate of drug-likeness (QED) is 0.415. The molecule has 0 unspecified atom stereocenters. The molecular weight excluding hydrogens is 470 g/mol. The van der Waals surface area contributed by atoms with Gasteiger partial charge in [0.25, 0.3) is 11.8 Å². The minimum Gasteiger partial charge on any atom is -0.493 e. The first-order valence-electron chi connectivity index (χ1n) is 12.2. The molecule has 1 aliphatic heterocycles. The van der Waals surface area contributed by atoms with Gasteiger partial charge >= 0.3 is 0 Å². The Morgan fingerprint density at radius 2 is 1.51 bits per heavy atom. The second-order valence-corrected chi connectivity index (χ2v) is 9.18. The summed E-state index contributed by atoms with van der Waals surface area (Å²) in [5.74, 6) is 1.01. The van der Waals surface area contributed by atoms with E-state index in [1.165, 1.54) is 0 Å². The summed E-state index contributed by atoms with van der Waals surface area (Å²) in [6.07, 6.45) is 1.69. The molecule has 190 valence electrons. The van der Waals surface area contributed by atoms with E-state index in [4.69, 9.17) is 9.47 Å². The predicted molar refractivity (Wildman–Crippen MR) is 139 cm³/mol. The van der Waals surface area contributed by atoms with Crippen LogP contribution in [0, 0.1) is 0 Å². The van der Waals surface area contributed by atoms with E-state index in [0.717, 1.165) is 11.3 Å². The van der Waals surface area contributed by atoms with Crippen molar-refractivity contribution in [3.8, 4) is 22.8 Å². The number of piperazine rings is 1. The topological polar surface area (TPSA) is 89.3 Å².